The van der Waals surface area contributed by atoms with Crippen LogP contribution in [0, 0.1) is 5.92 Å². The Morgan fingerprint density at radius 1 is 1.12 bits per heavy atom. The van der Waals surface area contributed by atoms with Gasteiger partial charge in [-0.25, -0.2) is 8.42 Å². The Balaban J connectivity index is 1.98. The number of piperazine rings is 1. The smallest absolute Gasteiger partial charge is 0.243 e. The maximum atomic E-state index is 12.8. The van der Waals surface area contributed by atoms with Crippen LogP contribution >= 0.6 is 23.2 Å². The summed E-state index contributed by atoms with van der Waals surface area (Å²) in [6.45, 7) is 8.20. The van der Waals surface area contributed by atoms with E-state index in [2.05, 4.69) is 5.32 Å². The summed E-state index contributed by atoms with van der Waals surface area (Å²) in [4.78, 5) is 14.3. The van der Waals surface area contributed by atoms with Gasteiger partial charge in [0.1, 0.15) is 0 Å². The number of nitrogens with one attached hydrogen (secondary N) is 1. The number of hydrogen-bond donors (Lipinski definition) is 1. The Morgan fingerprint density at radius 3 is 2.27 bits per heavy atom. The zero-order valence-electron chi connectivity index (χ0n) is 15.2. The van der Waals surface area contributed by atoms with Gasteiger partial charge >= 0.3 is 0 Å². The molecule has 1 fully saturated rings. The molecule has 26 heavy (non-hydrogen) atoms. The summed E-state index contributed by atoms with van der Waals surface area (Å²) in [5.74, 6) is 0.360. The summed E-state index contributed by atoms with van der Waals surface area (Å²) in [6, 6.07) is 4.02. The maximum absolute atomic E-state index is 12.8. The van der Waals surface area contributed by atoms with Crippen molar-refractivity contribution < 1.29 is 13.2 Å². The SMILES string of the molecule is CC(C)CNC(=O)[C@H](C)N1CCN(S(=O)(=O)c2ccc(Cl)c(Cl)c2)CC1. The molecule has 1 saturated heterocycles. The Labute approximate surface area is 165 Å². The lowest BCUT2D eigenvalue weighted by atomic mass is 10.2. The third-order valence-corrected chi connectivity index (χ3v) is 7.05. The summed E-state index contributed by atoms with van der Waals surface area (Å²) >= 11 is 11.8. The minimum absolute atomic E-state index is 0.0282. The molecule has 0 saturated carbocycles. The quantitative estimate of drug-likeness (QED) is 0.765. The number of hydrogen-bond acceptors (Lipinski definition) is 4. The number of benzene rings is 1. The van der Waals surface area contributed by atoms with Gasteiger partial charge in [-0.15, -0.1) is 0 Å². The molecule has 1 aliphatic rings. The minimum atomic E-state index is -3.63. The van der Waals surface area contributed by atoms with E-state index in [-0.39, 0.29) is 21.9 Å². The number of sulfonamides is 1. The fraction of sp³-hybridized carbons (Fsp3) is 0.588. The first-order valence-corrected chi connectivity index (χ1v) is 10.8. The first kappa shape index (κ1) is 21.4. The van der Waals surface area contributed by atoms with Crippen molar-refractivity contribution in [3.05, 3.63) is 28.2 Å². The largest absolute Gasteiger partial charge is 0.354 e. The van der Waals surface area contributed by atoms with Crippen molar-refractivity contribution in [2.45, 2.75) is 31.7 Å². The molecule has 1 aromatic carbocycles. The highest BCUT2D eigenvalue weighted by Gasteiger charge is 2.32. The zero-order valence-corrected chi connectivity index (χ0v) is 17.5. The molecule has 1 heterocycles. The zero-order chi connectivity index (χ0) is 19.5. The molecule has 1 atom stereocenters. The van der Waals surface area contributed by atoms with Crippen LogP contribution < -0.4 is 5.32 Å². The first-order valence-electron chi connectivity index (χ1n) is 8.60. The van der Waals surface area contributed by atoms with Crippen LogP contribution in [0.2, 0.25) is 10.0 Å². The van der Waals surface area contributed by atoms with Crippen molar-refractivity contribution in [3.8, 4) is 0 Å². The van der Waals surface area contributed by atoms with Crippen molar-refractivity contribution in [1.82, 2.24) is 14.5 Å². The predicted molar refractivity (Wildman–Crippen MR) is 104 cm³/mol. The lowest BCUT2D eigenvalue weighted by molar-refractivity contribution is -0.126. The summed E-state index contributed by atoms with van der Waals surface area (Å²) in [6.07, 6.45) is 0. The Morgan fingerprint density at radius 2 is 1.73 bits per heavy atom. The van der Waals surface area contributed by atoms with E-state index < -0.39 is 10.0 Å². The third-order valence-electron chi connectivity index (χ3n) is 4.41. The van der Waals surface area contributed by atoms with Gasteiger partial charge in [0.25, 0.3) is 0 Å². The van der Waals surface area contributed by atoms with E-state index in [9.17, 15) is 13.2 Å². The molecule has 2 rings (SSSR count). The number of halogens is 2. The monoisotopic (exact) mass is 421 g/mol. The number of carbonyl (C=O) groups is 1. The molecule has 0 spiro atoms. The number of amides is 1. The highest BCUT2D eigenvalue weighted by atomic mass is 35.5. The average molecular weight is 422 g/mol. The van der Waals surface area contributed by atoms with Gasteiger partial charge < -0.3 is 5.32 Å². The summed E-state index contributed by atoms with van der Waals surface area (Å²) < 4.78 is 26.9. The molecule has 1 amide bonds. The van der Waals surface area contributed by atoms with Gasteiger partial charge in [0.15, 0.2) is 0 Å². The molecule has 1 aromatic rings. The van der Waals surface area contributed by atoms with Crippen LogP contribution in [0.3, 0.4) is 0 Å². The molecule has 1 N–H and O–H groups in total. The second-order valence-electron chi connectivity index (χ2n) is 6.83. The average Bonchev–Trinajstić information content (AvgIpc) is 2.61. The van der Waals surface area contributed by atoms with Crippen LogP contribution in [0.5, 0.6) is 0 Å². The van der Waals surface area contributed by atoms with E-state index in [1.54, 1.807) is 0 Å². The first-order chi connectivity index (χ1) is 12.1. The molecule has 146 valence electrons. The minimum Gasteiger partial charge on any atom is -0.354 e. The summed E-state index contributed by atoms with van der Waals surface area (Å²) in [5.41, 5.74) is 0. The van der Waals surface area contributed by atoms with Gasteiger partial charge in [0, 0.05) is 32.7 Å². The lowest BCUT2D eigenvalue weighted by Crippen LogP contribution is -2.55. The van der Waals surface area contributed by atoms with Gasteiger partial charge in [-0.05, 0) is 31.0 Å². The van der Waals surface area contributed by atoms with Gasteiger partial charge in [0.05, 0.1) is 21.0 Å². The summed E-state index contributed by atoms with van der Waals surface area (Å²) in [5, 5.41) is 3.44. The topological polar surface area (TPSA) is 69.7 Å². The third kappa shape index (κ3) is 5.10. The highest BCUT2D eigenvalue weighted by molar-refractivity contribution is 7.89. The Hall–Kier alpha value is -0.860. The van der Waals surface area contributed by atoms with Crippen molar-refractivity contribution in [1.29, 1.82) is 0 Å². The second-order valence-corrected chi connectivity index (χ2v) is 9.58. The van der Waals surface area contributed by atoms with Crippen molar-refractivity contribution in [2.75, 3.05) is 32.7 Å². The van der Waals surface area contributed by atoms with Crippen LogP contribution in [0.1, 0.15) is 20.8 Å². The van der Waals surface area contributed by atoms with Crippen molar-refractivity contribution in [2.24, 2.45) is 5.92 Å². The van der Waals surface area contributed by atoms with Crippen LogP contribution in [0.25, 0.3) is 0 Å². The molecule has 0 aromatic heterocycles. The van der Waals surface area contributed by atoms with Gasteiger partial charge in [-0.2, -0.15) is 4.31 Å². The molecular weight excluding hydrogens is 397 g/mol. The maximum Gasteiger partial charge on any atom is 0.243 e. The van der Waals surface area contributed by atoms with E-state index in [0.29, 0.717) is 43.7 Å². The molecule has 0 unspecified atom stereocenters. The van der Waals surface area contributed by atoms with Crippen LogP contribution in [0.4, 0.5) is 0 Å². The van der Waals surface area contributed by atoms with E-state index >= 15 is 0 Å². The normalized spacial score (nSPS) is 18.1. The fourth-order valence-corrected chi connectivity index (χ4v) is 4.55. The Bertz CT molecular complexity index is 748. The summed E-state index contributed by atoms with van der Waals surface area (Å²) in [7, 11) is -3.63. The number of nitrogens with zero attached hydrogens (tertiary/aromatic N) is 2. The van der Waals surface area contributed by atoms with Gasteiger partial charge in [0.2, 0.25) is 15.9 Å². The van der Waals surface area contributed by atoms with Crippen LogP contribution in [-0.2, 0) is 14.8 Å². The fourth-order valence-electron chi connectivity index (χ4n) is 2.74. The van der Waals surface area contributed by atoms with Crippen molar-refractivity contribution in [3.63, 3.8) is 0 Å². The van der Waals surface area contributed by atoms with E-state index in [1.165, 1.54) is 22.5 Å². The molecule has 9 heteroatoms. The Kier molecular flexibility index (Phi) is 7.33. The van der Waals surface area contributed by atoms with Gasteiger partial charge in [-0.3, -0.25) is 9.69 Å². The number of rotatable bonds is 6. The molecular formula is C17H25Cl2N3O3S. The lowest BCUT2D eigenvalue weighted by Gasteiger charge is -2.36. The molecule has 0 aliphatic carbocycles. The standard InChI is InChI=1S/C17H25Cl2N3O3S/c1-12(2)11-20-17(23)13(3)21-6-8-22(9-7-21)26(24,25)14-4-5-15(18)16(19)10-14/h4-5,10,12-13H,6-9,11H2,1-3H3,(H,20,23)/t13-/m0/s1. The molecule has 1 aliphatic heterocycles. The van der Waals surface area contributed by atoms with E-state index in [4.69, 9.17) is 23.2 Å². The highest BCUT2D eigenvalue weighted by Crippen LogP contribution is 2.27. The predicted octanol–water partition coefficient (Wildman–Crippen LogP) is 2.46. The van der Waals surface area contributed by atoms with E-state index in [1.807, 2.05) is 25.7 Å². The second kappa shape index (κ2) is 8.89. The van der Waals surface area contributed by atoms with Crippen LogP contribution in [0.15, 0.2) is 23.1 Å². The van der Waals surface area contributed by atoms with Gasteiger partial charge in [-0.1, -0.05) is 37.0 Å². The number of carbonyl (C=O) groups excluding carboxylic acids is 1. The molecule has 0 bridgehead atoms. The molecule has 6 nitrogen and oxygen atoms in total. The van der Waals surface area contributed by atoms with E-state index in [0.717, 1.165) is 0 Å². The molecule has 0 radical (unpaired) electrons. The van der Waals surface area contributed by atoms with Crippen molar-refractivity contribution >= 4 is 39.1 Å². The van der Waals surface area contributed by atoms with Crippen LogP contribution in [-0.4, -0.2) is 62.3 Å².